The van der Waals surface area contributed by atoms with E-state index in [9.17, 15) is 0 Å². The van der Waals surface area contributed by atoms with Gasteiger partial charge in [-0.05, 0) is 79.8 Å². The van der Waals surface area contributed by atoms with Gasteiger partial charge in [-0.15, -0.1) is 0 Å². The van der Waals surface area contributed by atoms with Crippen LogP contribution in [0.25, 0.3) is 16.7 Å². The third-order valence-corrected chi connectivity index (χ3v) is 8.84. The lowest BCUT2D eigenvalue weighted by molar-refractivity contribution is 0.585. The number of fused-ring (bicyclic) bond motifs is 9. The average molecular weight is 510 g/mol. The lowest BCUT2D eigenvalue weighted by Crippen LogP contribution is -2.29. The smallest absolute Gasteiger partial charge is 0.0689 e. The van der Waals surface area contributed by atoms with Gasteiger partial charge in [0.2, 0.25) is 0 Å². The van der Waals surface area contributed by atoms with Crippen LogP contribution in [-0.2, 0) is 16.2 Å². The van der Waals surface area contributed by atoms with Gasteiger partial charge in [0.05, 0.1) is 5.41 Å². The van der Waals surface area contributed by atoms with E-state index in [2.05, 4.69) is 124 Å². The van der Waals surface area contributed by atoms with Crippen molar-refractivity contribution in [1.82, 2.24) is 0 Å². The van der Waals surface area contributed by atoms with Gasteiger partial charge in [-0.1, -0.05) is 118 Å². The normalized spacial score (nSPS) is 17.6. The molecule has 1 heteroatoms. The lowest BCUT2D eigenvalue weighted by Gasteiger charge is -2.35. The van der Waals surface area contributed by atoms with Gasteiger partial charge in [-0.2, -0.15) is 0 Å². The highest BCUT2D eigenvalue weighted by molar-refractivity contribution is 9.10. The third kappa shape index (κ3) is 2.83. The summed E-state index contributed by atoms with van der Waals surface area (Å²) in [6.07, 6.45) is 6.95. The predicted molar refractivity (Wildman–Crippen MR) is 149 cm³/mol. The van der Waals surface area contributed by atoms with E-state index < -0.39 is 0 Å². The first kappa shape index (κ1) is 22.1. The summed E-state index contributed by atoms with van der Waals surface area (Å²) in [5.74, 6) is 0. The zero-order valence-corrected chi connectivity index (χ0v) is 22.7. The number of hydrogen-bond donors (Lipinski definition) is 0. The molecule has 172 valence electrons. The Balaban J connectivity index is 1.80. The second-order valence-electron chi connectivity index (χ2n) is 12.3. The van der Waals surface area contributed by atoms with E-state index in [1.54, 1.807) is 5.57 Å². The monoisotopic (exact) mass is 508 g/mol. The standard InChI is InChI=1S/C33H33Br/c1-31(2,3)20-14-16-22-23-17-15-21(32(4,5)6)19-28(23)33(27(22)18-20)25-11-8-7-10-24(25)30-26(33)12-9-13-29(30)34/h7,9-10,12-19H,8,11H2,1-6H3. The Kier molecular flexibility index (Phi) is 4.60. The number of halogens is 1. The van der Waals surface area contributed by atoms with Crippen molar-refractivity contribution in [1.29, 1.82) is 0 Å². The van der Waals surface area contributed by atoms with Crippen molar-refractivity contribution in [2.45, 2.75) is 70.6 Å². The van der Waals surface area contributed by atoms with Crippen molar-refractivity contribution in [3.8, 4) is 11.1 Å². The zero-order chi connectivity index (χ0) is 24.0. The molecule has 0 amide bonds. The van der Waals surface area contributed by atoms with E-state index in [1.807, 2.05) is 0 Å². The van der Waals surface area contributed by atoms with Crippen molar-refractivity contribution < 1.29 is 0 Å². The zero-order valence-electron chi connectivity index (χ0n) is 21.1. The molecule has 34 heavy (non-hydrogen) atoms. The molecule has 3 aliphatic rings. The highest BCUT2D eigenvalue weighted by Crippen LogP contribution is 2.64. The minimum atomic E-state index is -0.216. The Hall–Kier alpha value is -2.38. The maximum absolute atomic E-state index is 3.94. The van der Waals surface area contributed by atoms with Crippen LogP contribution in [0.15, 0.2) is 76.8 Å². The SMILES string of the molecule is CC(C)(C)c1ccc2c(c1)C1(C3=C(C=CCC3)c3c(Br)cccc31)c1cc(C(C)(C)C)ccc1-2. The second kappa shape index (κ2) is 7.08. The first-order valence-corrected chi connectivity index (χ1v) is 13.3. The Morgan fingerprint density at radius 1 is 0.735 bits per heavy atom. The average Bonchev–Trinajstić information content (AvgIpc) is 3.25. The Morgan fingerprint density at radius 3 is 1.88 bits per heavy atom. The van der Waals surface area contributed by atoms with Crippen LogP contribution in [0.4, 0.5) is 0 Å². The maximum Gasteiger partial charge on any atom is 0.0689 e. The molecule has 0 unspecified atom stereocenters. The van der Waals surface area contributed by atoms with Gasteiger partial charge in [0.15, 0.2) is 0 Å². The predicted octanol–water partition coefficient (Wildman–Crippen LogP) is 9.48. The van der Waals surface area contributed by atoms with E-state index in [-0.39, 0.29) is 16.2 Å². The van der Waals surface area contributed by atoms with Gasteiger partial charge in [0, 0.05) is 10.0 Å². The molecule has 0 N–H and O–H groups in total. The molecule has 0 saturated carbocycles. The molecule has 0 radical (unpaired) electrons. The lowest BCUT2D eigenvalue weighted by atomic mass is 9.66. The van der Waals surface area contributed by atoms with Gasteiger partial charge in [0.1, 0.15) is 0 Å². The molecule has 3 aliphatic carbocycles. The third-order valence-electron chi connectivity index (χ3n) is 8.18. The first-order valence-electron chi connectivity index (χ1n) is 12.5. The Bertz CT molecular complexity index is 1350. The molecule has 0 atom stereocenters. The highest BCUT2D eigenvalue weighted by atomic mass is 79.9. The minimum absolute atomic E-state index is 0.101. The molecule has 0 saturated heterocycles. The van der Waals surface area contributed by atoms with Gasteiger partial charge >= 0.3 is 0 Å². The number of benzene rings is 3. The molecular weight excluding hydrogens is 476 g/mol. The van der Waals surface area contributed by atoms with Crippen molar-refractivity contribution in [2.75, 3.05) is 0 Å². The molecule has 1 spiro atoms. The van der Waals surface area contributed by atoms with Crippen LogP contribution in [0.3, 0.4) is 0 Å². The van der Waals surface area contributed by atoms with Crippen LogP contribution in [0.1, 0.15) is 87.8 Å². The fourth-order valence-electron chi connectivity index (χ4n) is 6.43. The van der Waals surface area contributed by atoms with E-state index >= 15 is 0 Å². The van der Waals surface area contributed by atoms with Crippen molar-refractivity contribution in [2.24, 2.45) is 0 Å². The highest BCUT2D eigenvalue weighted by Gasteiger charge is 2.53. The number of hydrogen-bond acceptors (Lipinski definition) is 0. The number of allylic oxidation sites excluding steroid dienone is 4. The molecule has 3 aromatic rings. The summed E-state index contributed by atoms with van der Waals surface area (Å²) in [6.45, 7) is 14.0. The molecule has 0 aromatic heterocycles. The van der Waals surface area contributed by atoms with Crippen molar-refractivity contribution >= 4 is 21.5 Å². The molecule has 3 aromatic carbocycles. The fourth-order valence-corrected chi connectivity index (χ4v) is 7.01. The van der Waals surface area contributed by atoms with E-state index in [1.165, 1.54) is 54.6 Å². The molecule has 0 fully saturated rings. The molecule has 0 heterocycles. The summed E-state index contributed by atoms with van der Waals surface area (Å²) in [5.41, 5.74) is 14.4. The Labute approximate surface area is 212 Å². The van der Waals surface area contributed by atoms with Gasteiger partial charge in [-0.25, -0.2) is 0 Å². The van der Waals surface area contributed by atoms with Gasteiger partial charge in [0.25, 0.3) is 0 Å². The van der Waals surface area contributed by atoms with Crippen molar-refractivity contribution in [3.05, 3.63) is 110 Å². The van der Waals surface area contributed by atoms with Crippen LogP contribution < -0.4 is 0 Å². The van der Waals surface area contributed by atoms with Gasteiger partial charge < -0.3 is 0 Å². The quantitative estimate of drug-likeness (QED) is 0.283. The molecule has 6 rings (SSSR count). The van der Waals surface area contributed by atoms with E-state index in [0.717, 1.165) is 12.8 Å². The summed E-state index contributed by atoms with van der Waals surface area (Å²) in [7, 11) is 0. The van der Waals surface area contributed by atoms with Gasteiger partial charge in [-0.3, -0.25) is 0 Å². The Morgan fingerprint density at radius 2 is 1.32 bits per heavy atom. The summed E-state index contributed by atoms with van der Waals surface area (Å²) < 4.78 is 1.20. The van der Waals surface area contributed by atoms with Crippen LogP contribution in [0, 0.1) is 0 Å². The summed E-state index contributed by atoms with van der Waals surface area (Å²) in [6, 6.07) is 21.4. The molecule has 0 aliphatic heterocycles. The minimum Gasteiger partial charge on any atom is -0.0836 e. The summed E-state index contributed by atoms with van der Waals surface area (Å²) >= 11 is 3.94. The maximum atomic E-state index is 3.94. The fraction of sp³-hybridized carbons (Fsp3) is 0.333. The van der Waals surface area contributed by atoms with E-state index in [0.29, 0.717) is 0 Å². The number of rotatable bonds is 0. The summed E-state index contributed by atoms with van der Waals surface area (Å²) in [5, 5.41) is 0. The van der Waals surface area contributed by atoms with Crippen molar-refractivity contribution in [3.63, 3.8) is 0 Å². The largest absolute Gasteiger partial charge is 0.0836 e. The molecular formula is C33H33Br. The molecule has 0 bridgehead atoms. The topological polar surface area (TPSA) is 0 Å². The molecule has 0 nitrogen and oxygen atoms in total. The van der Waals surface area contributed by atoms with Crippen LogP contribution in [0.5, 0.6) is 0 Å². The summed E-state index contributed by atoms with van der Waals surface area (Å²) in [4.78, 5) is 0. The van der Waals surface area contributed by atoms with Crippen LogP contribution in [0.2, 0.25) is 0 Å². The van der Waals surface area contributed by atoms with Crippen LogP contribution >= 0.6 is 15.9 Å². The van der Waals surface area contributed by atoms with E-state index in [4.69, 9.17) is 0 Å². The van der Waals surface area contributed by atoms with Crippen LogP contribution in [-0.4, -0.2) is 0 Å². The first-order chi connectivity index (χ1) is 16.0. The second-order valence-corrected chi connectivity index (χ2v) is 13.1.